The second-order valence-corrected chi connectivity index (χ2v) is 2.56. The summed E-state index contributed by atoms with van der Waals surface area (Å²) < 4.78 is 0. The summed E-state index contributed by atoms with van der Waals surface area (Å²) >= 11 is 0. The van der Waals surface area contributed by atoms with E-state index in [1.165, 1.54) is 24.1 Å². The van der Waals surface area contributed by atoms with Crippen LogP contribution in [0.1, 0.15) is 25.7 Å². The lowest BCUT2D eigenvalue weighted by molar-refractivity contribution is 0.635. The Labute approximate surface area is 61.8 Å². The van der Waals surface area contributed by atoms with Crippen LogP contribution in [-0.2, 0) is 0 Å². The van der Waals surface area contributed by atoms with E-state index in [-0.39, 0.29) is 0 Å². The average Bonchev–Trinajstić information content (AvgIpc) is 2.04. The summed E-state index contributed by atoms with van der Waals surface area (Å²) in [5.41, 5.74) is 5.17. The molecule has 0 radical (unpaired) electrons. The van der Waals surface area contributed by atoms with Crippen LogP contribution in [0.4, 0.5) is 0 Å². The molecule has 0 amide bonds. The van der Waals surface area contributed by atoms with Crippen LogP contribution < -0.4 is 11.3 Å². The summed E-state index contributed by atoms with van der Waals surface area (Å²) in [5.74, 6) is 5.31. The van der Waals surface area contributed by atoms with Crippen molar-refractivity contribution >= 4 is 0 Å². The van der Waals surface area contributed by atoms with E-state index in [0.29, 0.717) is 0 Å². The van der Waals surface area contributed by atoms with E-state index in [1.807, 2.05) is 6.08 Å². The van der Waals surface area contributed by atoms with E-state index in [1.54, 1.807) is 0 Å². The molecule has 0 atom stereocenters. The van der Waals surface area contributed by atoms with Crippen LogP contribution >= 0.6 is 0 Å². The molecule has 0 aromatic carbocycles. The van der Waals surface area contributed by atoms with Gasteiger partial charge in [0.05, 0.1) is 0 Å². The predicted octanol–water partition coefficient (Wildman–Crippen LogP) is 1.46. The maximum atomic E-state index is 5.31. The molecule has 0 bridgehead atoms. The third-order valence-corrected chi connectivity index (χ3v) is 1.93. The Kier molecular flexibility index (Phi) is 2.51. The van der Waals surface area contributed by atoms with E-state index in [2.05, 4.69) is 12.0 Å². The van der Waals surface area contributed by atoms with E-state index in [0.717, 1.165) is 12.8 Å². The molecule has 0 fully saturated rings. The third-order valence-electron chi connectivity index (χ3n) is 1.93. The molecular formula is C8H14N2. The average molecular weight is 138 g/mol. The molecule has 0 aliphatic heterocycles. The maximum absolute atomic E-state index is 5.31. The van der Waals surface area contributed by atoms with Gasteiger partial charge in [-0.1, -0.05) is 12.7 Å². The molecule has 1 aliphatic rings. The summed E-state index contributed by atoms with van der Waals surface area (Å²) in [6.07, 6.45) is 6.62. The molecule has 0 spiro atoms. The standard InChI is InChI=1S/C8H14N2/c1-2-7-5-3-4-6-8(7)10-9/h2,10H,1,3-6,9H2. The number of allylic oxidation sites excluding steroid dienone is 3. The molecule has 0 unspecified atom stereocenters. The molecular weight excluding hydrogens is 124 g/mol. The summed E-state index contributed by atoms with van der Waals surface area (Å²) in [6.45, 7) is 3.73. The van der Waals surface area contributed by atoms with Gasteiger partial charge in [0.15, 0.2) is 0 Å². The Morgan fingerprint density at radius 2 is 2.10 bits per heavy atom. The molecule has 0 aromatic heterocycles. The summed E-state index contributed by atoms with van der Waals surface area (Å²) in [5, 5.41) is 0. The normalized spacial score (nSPS) is 18.9. The Bertz CT molecular complexity index is 159. The predicted molar refractivity (Wildman–Crippen MR) is 43.0 cm³/mol. The number of nitrogens with one attached hydrogen (secondary N) is 1. The van der Waals surface area contributed by atoms with Crippen LogP contribution in [0.2, 0.25) is 0 Å². The highest BCUT2D eigenvalue weighted by atomic mass is 15.2. The fraction of sp³-hybridized carbons (Fsp3) is 0.500. The van der Waals surface area contributed by atoms with Crippen LogP contribution in [0.5, 0.6) is 0 Å². The molecule has 1 rings (SSSR count). The van der Waals surface area contributed by atoms with Gasteiger partial charge in [0.1, 0.15) is 0 Å². The van der Waals surface area contributed by atoms with Crippen LogP contribution in [-0.4, -0.2) is 0 Å². The van der Waals surface area contributed by atoms with Gasteiger partial charge in [0, 0.05) is 5.70 Å². The molecule has 0 saturated carbocycles. The number of hydrogen-bond acceptors (Lipinski definition) is 2. The number of nitrogens with two attached hydrogens (primary N) is 1. The van der Waals surface area contributed by atoms with Gasteiger partial charge in [0.25, 0.3) is 0 Å². The highest BCUT2D eigenvalue weighted by Gasteiger charge is 2.07. The number of hydrogen-bond donors (Lipinski definition) is 2. The zero-order valence-corrected chi connectivity index (χ0v) is 6.19. The van der Waals surface area contributed by atoms with Gasteiger partial charge in [-0.25, -0.2) is 0 Å². The maximum Gasteiger partial charge on any atom is 0.0291 e. The first-order chi connectivity index (χ1) is 4.88. The zero-order chi connectivity index (χ0) is 7.40. The van der Waals surface area contributed by atoms with E-state index in [4.69, 9.17) is 5.84 Å². The smallest absolute Gasteiger partial charge is 0.0291 e. The van der Waals surface area contributed by atoms with Crippen molar-refractivity contribution in [1.82, 2.24) is 5.43 Å². The van der Waals surface area contributed by atoms with Crippen LogP contribution in [0.25, 0.3) is 0 Å². The third kappa shape index (κ3) is 1.39. The van der Waals surface area contributed by atoms with Gasteiger partial charge in [-0.15, -0.1) is 0 Å². The highest BCUT2D eigenvalue weighted by Crippen LogP contribution is 2.22. The number of hydrazine groups is 1. The Morgan fingerprint density at radius 3 is 2.60 bits per heavy atom. The van der Waals surface area contributed by atoms with Gasteiger partial charge in [-0.05, 0) is 31.3 Å². The van der Waals surface area contributed by atoms with Gasteiger partial charge >= 0.3 is 0 Å². The Hall–Kier alpha value is -0.760. The van der Waals surface area contributed by atoms with Crippen molar-refractivity contribution in [2.24, 2.45) is 5.84 Å². The quantitative estimate of drug-likeness (QED) is 0.448. The van der Waals surface area contributed by atoms with E-state index < -0.39 is 0 Å². The lowest BCUT2D eigenvalue weighted by atomic mass is 9.97. The van der Waals surface area contributed by atoms with Crippen molar-refractivity contribution in [1.29, 1.82) is 0 Å². The summed E-state index contributed by atoms with van der Waals surface area (Å²) in [4.78, 5) is 0. The van der Waals surface area contributed by atoms with Crippen molar-refractivity contribution in [2.75, 3.05) is 0 Å². The minimum absolute atomic E-state index is 1.08. The van der Waals surface area contributed by atoms with Crippen molar-refractivity contribution < 1.29 is 0 Å². The van der Waals surface area contributed by atoms with E-state index in [9.17, 15) is 0 Å². The van der Waals surface area contributed by atoms with Gasteiger partial charge in [-0.2, -0.15) is 0 Å². The summed E-state index contributed by atoms with van der Waals surface area (Å²) in [7, 11) is 0. The van der Waals surface area contributed by atoms with Gasteiger partial charge < -0.3 is 5.43 Å². The first-order valence-corrected chi connectivity index (χ1v) is 3.69. The van der Waals surface area contributed by atoms with E-state index >= 15 is 0 Å². The minimum Gasteiger partial charge on any atom is -0.328 e. The largest absolute Gasteiger partial charge is 0.328 e. The topological polar surface area (TPSA) is 38.0 Å². The molecule has 56 valence electrons. The SMILES string of the molecule is C=CC1=C(NN)CCCC1. The first-order valence-electron chi connectivity index (χ1n) is 3.69. The van der Waals surface area contributed by atoms with Crippen molar-refractivity contribution in [3.05, 3.63) is 23.9 Å². The second-order valence-electron chi connectivity index (χ2n) is 2.56. The molecule has 0 aromatic rings. The van der Waals surface area contributed by atoms with Crippen molar-refractivity contribution in [2.45, 2.75) is 25.7 Å². The lowest BCUT2D eigenvalue weighted by Crippen LogP contribution is -2.23. The number of rotatable bonds is 2. The highest BCUT2D eigenvalue weighted by molar-refractivity contribution is 5.24. The minimum atomic E-state index is 1.08. The van der Waals surface area contributed by atoms with Crippen LogP contribution in [0.15, 0.2) is 23.9 Å². The molecule has 2 nitrogen and oxygen atoms in total. The molecule has 0 heterocycles. The van der Waals surface area contributed by atoms with Gasteiger partial charge in [0.2, 0.25) is 0 Å². The van der Waals surface area contributed by atoms with Crippen LogP contribution in [0.3, 0.4) is 0 Å². The van der Waals surface area contributed by atoms with Crippen molar-refractivity contribution in [3.63, 3.8) is 0 Å². The summed E-state index contributed by atoms with van der Waals surface area (Å²) in [6, 6.07) is 0. The first kappa shape index (κ1) is 7.35. The Morgan fingerprint density at radius 1 is 1.40 bits per heavy atom. The molecule has 0 saturated heterocycles. The lowest BCUT2D eigenvalue weighted by Gasteiger charge is -2.16. The molecule has 2 heteroatoms. The van der Waals surface area contributed by atoms with Crippen LogP contribution in [0, 0.1) is 0 Å². The Balaban J connectivity index is 2.72. The fourth-order valence-electron chi connectivity index (χ4n) is 1.32. The molecule has 10 heavy (non-hydrogen) atoms. The molecule has 1 aliphatic carbocycles. The zero-order valence-electron chi connectivity index (χ0n) is 6.19. The second kappa shape index (κ2) is 3.42. The fourth-order valence-corrected chi connectivity index (χ4v) is 1.32. The monoisotopic (exact) mass is 138 g/mol. The van der Waals surface area contributed by atoms with Crippen molar-refractivity contribution in [3.8, 4) is 0 Å². The van der Waals surface area contributed by atoms with Gasteiger partial charge in [-0.3, -0.25) is 5.84 Å². The molecule has 3 N–H and O–H groups in total.